The Balaban J connectivity index is 1.39. The normalized spacial score (nSPS) is 20.1. The topological polar surface area (TPSA) is 40.7 Å². The Bertz CT molecular complexity index is 519. The summed E-state index contributed by atoms with van der Waals surface area (Å²) in [7, 11) is 0. The Morgan fingerprint density at radius 3 is 1.31 bits per heavy atom. The van der Waals surface area contributed by atoms with Crippen LogP contribution >= 0.6 is 0 Å². The van der Waals surface area contributed by atoms with E-state index in [-0.39, 0.29) is 11.0 Å². The Kier molecular flexibility index (Phi) is 14.6. The maximum atomic E-state index is 5.85. The minimum atomic E-state index is -0.0120. The maximum Gasteiger partial charge on any atom is 0.0700 e. The molecule has 7 nitrogen and oxygen atoms in total. The molecule has 2 aliphatic rings. The van der Waals surface area contributed by atoms with E-state index in [1.807, 2.05) is 0 Å². The first-order chi connectivity index (χ1) is 16.6. The Hall–Kier alpha value is -0.280. The summed E-state index contributed by atoms with van der Waals surface area (Å²) in [5, 5.41) is 0. The van der Waals surface area contributed by atoms with Crippen molar-refractivity contribution in [2.75, 3.05) is 112 Å². The van der Waals surface area contributed by atoms with Crippen LogP contribution in [-0.4, -0.2) is 137 Å². The van der Waals surface area contributed by atoms with Gasteiger partial charge in [-0.2, -0.15) is 0 Å². The van der Waals surface area contributed by atoms with Crippen LogP contribution in [0.3, 0.4) is 0 Å². The number of nitrogens with zero attached hydrogens (tertiary/aromatic N) is 4. The van der Waals surface area contributed by atoms with Gasteiger partial charge >= 0.3 is 0 Å². The molecule has 2 aliphatic heterocycles. The van der Waals surface area contributed by atoms with Crippen LogP contribution in [0.4, 0.5) is 0 Å². The average Bonchev–Trinajstić information content (AvgIpc) is 2.79. The van der Waals surface area contributed by atoms with Crippen LogP contribution in [0.2, 0.25) is 0 Å². The predicted molar refractivity (Wildman–Crippen MR) is 146 cm³/mol. The van der Waals surface area contributed by atoms with E-state index in [9.17, 15) is 0 Å². The van der Waals surface area contributed by atoms with Crippen molar-refractivity contribution in [1.82, 2.24) is 19.6 Å². The molecule has 0 aromatic carbocycles. The largest absolute Gasteiger partial charge is 0.379 e. The van der Waals surface area contributed by atoms with E-state index >= 15 is 0 Å². The van der Waals surface area contributed by atoms with Crippen molar-refractivity contribution in [3.63, 3.8) is 0 Å². The summed E-state index contributed by atoms with van der Waals surface area (Å²) < 4.78 is 17.3. The smallest absolute Gasteiger partial charge is 0.0700 e. The molecule has 0 aliphatic carbocycles. The summed E-state index contributed by atoms with van der Waals surface area (Å²) in [4.78, 5) is 10.5. The minimum Gasteiger partial charge on any atom is -0.379 e. The second-order valence-corrected chi connectivity index (χ2v) is 12.6. The van der Waals surface area contributed by atoms with Crippen molar-refractivity contribution >= 4 is 0 Å². The van der Waals surface area contributed by atoms with Gasteiger partial charge in [0.05, 0.1) is 25.4 Å². The van der Waals surface area contributed by atoms with E-state index in [0.29, 0.717) is 13.2 Å². The second-order valence-electron chi connectivity index (χ2n) is 12.6. The van der Waals surface area contributed by atoms with Gasteiger partial charge in [0.2, 0.25) is 0 Å². The van der Waals surface area contributed by atoms with Crippen molar-refractivity contribution in [2.45, 2.75) is 66.4 Å². The van der Waals surface area contributed by atoms with E-state index in [0.717, 1.165) is 39.2 Å². The molecule has 0 bridgehead atoms. The lowest BCUT2D eigenvalue weighted by Crippen LogP contribution is -2.49. The number of ether oxygens (including phenoxy) is 3. The molecular weight excluding hydrogens is 440 g/mol. The summed E-state index contributed by atoms with van der Waals surface area (Å²) in [6.07, 6.45) is 3.56. The van der Waals surface area contributed by atoms with Gasteiger partial charge in [0.15, 0.2) is 0 Å². The van der Waals surface area contributed by atoms with Crippen LogP contribution in [0.15, 0.2) is 0 Å². The van der Waals surface area contributed by atoms with Crippen LogP contribution in [0, 0.1) is 5.41 Å². The monoisotopic (exact) mass is 498 g/mol. The predicted octanol–water partition coefficient (Wildman–Crippen LogP) is 3.29. The van der Waals surface area contributed by atoms with Crippen LogP contribution in [0.25, 0.3) is 0 Å². The van der Waals surface area contributed by atoms with E-state index in [1.54, 1.807) is 0 Å². The molecule has 2 fully saturated rings. The minimum absolute atomic E-state index is 0.0120. The van der Waals surface area contributed by atoms with Gasteiger partial charge in [-0.25, -0.2) is 0 Å². The van der Waals surface area contributed by atoms with E-state index in [2.05, 4.69) is 61.1 Å². The third-order valence-corrected chi connectivity index (χ3v) is 6.70. The van der Waals surface area contributed by atoms with E-state index in [1.165, 1.54) is 78.4 Å². The van der Waals surface area contributed by atoms with E-state index in [4.69, 9.17) is 14.2 Å². The molecule has 2 saturated heterocycles. The first-order valence-electron chi connectivity index (χ1n) is 14.3. The summed E-state index contributed by atoms with van der Waals surface area (Å²) >= 11 is 0. The molecule has 35 heavy (non-hydrogen) atoms. The third kappa shape index (κ3) is 16.2. The lowest BCUT2D eigenvalue weighted by atomic mass is 9.99. The molecule has 0 amide bonds. The van der Waals surface area contributed by atoms with Crippen molar-refractivity contribution < 1.29 is 14.2 Å². The zero-order valence-electron chi connectivity index (χ0n) is 24.2. The molecule has 0 N–H and O–H groups in total. The van der Waals surface area contributed by atoms with Gasteiger partial charge in [-0.1, -0.05) is 20.8 Å². The van der Waals surface area contributed by atoms with Gasteiger partial charge in [0.25, 0.3) is 0 Å². The molecule has 0 aromatic rings. The molecule has 0 atom stereocenters. The fraction of sp³-hybridized carbons (Fsp3) is 1.00. The average molecular weight is 499 g/mol. The highest BCUT2D eigenvalue weighted by Gasteiger charge is 2.19. The fourth-order valence-corrected chi connectivity index (χ4v) is 4.65. The fourth-order valence-electron chi connectivity index (χ4n) is 4.65. The quantitative estimate of drug-likeness (QED) is 0.303. The summed E-state index contributed by atoms with van der Waals surface area (Å²) in [6, 6.07) is 0. The van der Waals surface area contributed by atoms with Crippen molar-refractivity contribution in [2.24, 2.45) is 5.41 Å². The Morgan fingerprint density at radius 2 is 0.886 bits per heavy atom. The SMILES string of the molecule is CC(C)(C)COCCOCCCN1CCN(CCCN2CCN(CCCOC(C)(C)C)CC2)CC1. The lowest BCUT2D eigenvalue weighted by molar-refractivity contribution is -0.00839. The molecule has 208 valence electrons. The summed E-state index contributed by atoms with van der Waals surface area (Å²) in [6.45, 7) is 31.4. The zero-order valence-corrected chi connectivity index (χ0v) is 24.2. The standard InChI is InChI=1S/C28H58N4O3/c1-27(2,3)26-34-25-24-33-22-8-12-31-18-14-29(15-19-31)10-7-11-30-16-20-32(21-17-30)13-9-23-35-28(4,5)6/h7-26H2,1-6H3. The highest BCUT2D eigenvalue weighted by atomic mass is 16.5. The second kappa shape index (κ2) is 16.5. The molecule has 0 saturated carbocycles. The first-order valence-corrected chi connectivity index (χ1v) is 14.3. The third-order valence-electron chi connectivity index (χ3n) is 6.70. The molecule has 0 spiro atoms. The summed E-state index contributed by atoms with van der Waals surface area (Å²) in [5.74, 6) is 0. The van der Waals surface area contributed by atoms with Crippen LogP contribution in [0.1, 0.15) is 60.8 Å². The number of hydrogen-bond donors (Lipinski definition) is 0. The van der Waals surface area contributed by atoms with Crippen molar-refractivity contribution in [3.05, 3.63) is 0 Å². The van der Waals surface area contributed by atoms with Gasteiger partial charge in [0.1, 0.15) is 0 Å². The van der Waals surface area contributed by atoms with E-state index < -0.39 is 0 Å². The molecular formula is C28H58N4O3. The first kappa shape index (κ1) is 30.9. The molecule has 7 heteroatoms. The lowest BCUT2D eigenvalue weighted by Gasteiger charge is -2.37. The van der Waals surface area contributed by atoms with Gasteiger partial charge in [-0.15, -0.1) is 0 Å². The summed E-state index contributed by atoms with van der Waals surface area (Å²) in [5.41, 5.74) is 0.224. The molecule has 0 unspecified atom stereocenters. The number of piperazine rings is 2. The van der Waals surface area contributed by atoms with Crippen LogP contribution in [0.5, 0.6) is 0 Å². The Labute approximate surface area is 217 Å². The number of rotatable bonds is 16. The van der Waals surface area contributed by atoms with Crippen LogP contribution in [-0.2, 0) is 14.2 Å². The highest BCUT2D eigenvalue weighted by molar-refractivity contribution is 4.75. The molecule has 2 heterocycles. The maximum absolute atomic E-state index is 5.85. The van der Waals surface area contributed by atoms with Gasteiger partial charge in [0, 0.05) is 78.7 Å². The van der Waals surface area contributed by atoms with Crippen LogP contribution < -0.4 is 0 Å². The molecule has 2 rings (SSSR count). The van der Waals surface area contributed by atoms with Crippen molar-refractivity contribution in [1.29, 1.82) is 0 Å². The molecule has 0 aromatic heterocycles. The van der Waals surface area contributed by atoms with Gasteiger partial charge in [-0.3, -0.25) is 0 Å². The number of hydrogen-bond acceptors (Lipinski definition) is 7. The highest BCUT2D eigenvalue weighted by Crippen LogP contribution is 2.12. The zero-order chi connectivity index (χ0) is 25.6. The van der Waals surface area contributed by atoms with Gasteiger partial charge in [-0.05, 0) is 58.5 Å². The Morgan fingerprint density at radius 1 is 0.486 bits per heavy atom. The van der Waals surface area contributed by atoms with Crippen molar-refractivity contribution in [3.8, 4) is 0 Å². The van der Waals surface area contributed by atoms with Gasteiger partial charge < -0.3 is 33.8 Å². The molecule has 0 radical (unpaired) electrons.